The molecular formula is C32H36N4O7S. The highest BCUT2D eigenvalue weighted by Gasteiger charge is 2.33. The van der Waals surface area contributed by atoms with E-state index in [9.17, 15) is 22.8 Å². The molecule has 0 fully saturated rings. The minimum absolute atomic E-state index is 0.0307. The molecule has 1 atom stereocenters. The summed E-state index contributed by atoms with van der Waals surface area (Å²) in [6.45, 7) is 10.9. The molecule has 4 aromatic rings. The number of nitrogens with zero attached hydrogens (tertiary/aromatic N) is 2. The van der Waals surface area contributed by atoms with E-state index in [0.29, 0.717) is 33.5 Å². The Hall–Kier alpha value is -4.58. The number of ether oxygens (including phenoxy) is 2. The normalized spacial score (nSPS) is 15.1. The summed E-state index contributed by atoms with van der Waals surface area (Å²) in [7, 11) is -2.57. The van der Waals surface area contributed by atoms with Crippen LogP contribution in [0.25, 0.3) is 22.0 Å². The molecule has 0 saturated heterocycles. The third kappa shape index (κ3) is 5.81. The molecule has 0 aliphatic carbocycles. The molecule has 5 rings (SSSR count). The van der Waals surface area contributed by atoms with Crippen LogP contribution in [0.1, 0.15) is 45.7 Å². The Bertz CT molecular complexity index is 1950. The van der Waals surface area contributed by atoms with Crippen LogP contribution >= 0.6 is 0 Å². The highest BCUT2D eigenvalue weighted by atomic mass is 32.2. The molecule has 2 amide bonds. The number of fused-ring (bicyclic) bond motifs is 2. The quantitative estimate of drug-likeness (QED) is 0.312. The summed E-state index contributed by atoms with van der Waals surface area (Å²) in [4.78, 5) is 38.9. The van der Waals surface area contributed by atoms with Gasteiger partial charge in [-0.25, -0.2) is 17.2 Å². The fourth-order valence-corrected chi connectivity index (χ4v) is 6.44. The molecule has 0 bridgehead atoms. The molecular weight excluding hydrogens is 584 g/mol. The lowest BCUT2D eigenvalue weighted by Crippen LogP contribution is -2.41. The maximum Gasteiger partial charge on any atom is 0.407 e. The Balaban J connectivity index is 1.70. The number of carbonyl (C=O) groups is 2. The van der Waals surface area contributed by atoms with Crippen LogP contribution in [0.15, 0.2) is 64.5 Å². The molecule has 1 aliphatic heterocycles. The van der Waals surface area contributed by atoms with Crippen molar-refractivity contribution in [3.63, 3.8) is 0 Å². The Labute approximate surface area is 255 Å². The monoisotopic (exact) mass is 620 g/mol. The first-order valence-electron chi connectivity index (χ1n) is 14.2. The summed E-state index contributed by atoms with van der Waals surface area (Å²) in [5.41, 5.74) is 1.70. The predicted octanol–water partition coefficient (Wildman–Crippen LogP) is 4.93. The second kappa shape index (κ2) is 11.2. The Morgan fingerprint density at radius 1 is 1.09 bits per heavy atom. The van der Waals surface area contributed by atoms with E-state index in [1.54, 1.807) is 64.3 Å². The van der Waals surface area contributed by atoms with Crippen LogP contribution in [0.4, 0.5) is 10.5 Å². The highest BCUT2D eigenvalue weighted by molar-refractivity contribution is 7.90. The topological polar surface area (TPSA) is 138 Å². The van der Waals surface area contributed by atoms with E-state index in [-0.39, 0.29) is 28.8 Å². The van der Waals surface area contributed by atoms with E-state index in [0.717, 1.165) is 9.54 Å². The number of anilines is 1. The van der Waals surface area contributed by atoms with Crippen LogP contribution < -0.4 is 20.9 Å². The number of aryl methyl sites for hydroxylation is 2. The van der Waals surface area contributed by atoms with Crippen molar-refractivity contribution in [2.24, 2.45) is 13.0 Å². The third-order valence-corrected chi connectivity index (χ3v) is 8.90. The Kier molecular flexibility index (Phi) is 7.83. The number of pyridine rings is 1. The molecule has 0 spiro atoms. The van der Waals surface area contributed by atoms with Crippen molar-refractivity contribution in [2.45, 2.75) is 64.7 Å². The molecule has 11 nitrogen and oxygen atoms in total. The number of carbonyl (C=O) groups excluding carboxylic acids is 2. The van der Waals surface area contributed by atoms with E-state index in [1.165, 1.54) is 22.9 Å². The Morgan fingerprint density at radius 3 is 2.41 bits per heavy atom. The smallest absolute Gasteiger partial charge is 0.407 e. The summed E-state index contributed by atoms with van der Waals surface area (Å²) >= 11 is 0. The SMILES string of the molecule is Cc1ccc(S(=O)(=O)n2ccc3c(-c4cc(CNC(=O)OC(C)(C)C)cc5c4OC(C(C)C)C(=O)N5)cn(C)c(=O)c32)cc1. The molecule has 1 unspecified atom stereocenters. The summed E-state index contributed by atoms with van der Waals surface area (Å²) < 4.78 is 41.4. The zero-order valence-electron chi connectivity index (χ0n) is 25.7. The minimum atomic E-state index is -4.11. The van der Waals surface area contributed by atoms with Gasteiger partial charge in [0.25, 0.3) is 21.5 Å². The van der Waals surface area contributed by atoms with Crippen molar-refractivity contribution in [3.05, 3.63) is 76.3 Å². The van der Waals surface area contributed by atoms with Crippen molar-refractivity contribution < 1.29 is 27.5 Å². The van der Waals surface area contributed by atoms with Gasteiger partial charge >= 0.3 is 6.09 Å². The predicted molar refractivity (Wildman–Crippen MR) is 167 cm³/mol. The largest absolute Gasteiger partial charge is 0.477 e. The molecule has 3 heterocycles. The van der Waals surface area contributed by atoms with Gasteiger partial charge in [-0.1, -0.05) is 31.5 Å². The van der Waals surface area contributed by atoms with Gasteiger partial charge in [0.15, 0.2) is 11.9 Å². The van der Waals surface area contributed by atoms with E-state index < -0.39 is 33.4 Å². The summed E-state index contributed by atoms with van der Waals surface area (Å²) in [5.74, 6) is -0.0829. The van der Waals surface area contributed by atoms with Gasteiger partial charge < -0.3 is 24.7 Å². The maximum atomic E-state index is 13.7. The van der Waals surface area contributed by atoms with E-state index >= 15 is 0 Å². The second-order valence-corrected chi connectivity index (χ2v) is 14.1. The minimum Gasteiger partial charge on any atom is -0.477 e. The molecule has 44 heavy (non-hydrogen) atoms. The van der Waals surface area contributed by atoms with Gasteiger partial charge in [-0.05, 0) is 69.5 Å². The van der Waals surface area contributed by atoms with Crippen LogP contribution in [-0.2, 0) is 33.1 Å². The van der Waals surface area contributed by atoms with Gasteiger partial charge in [0.2, 0.25) is 0 Å². The molecule has 2 aromatic carbocycles. The Morgan fingerprint density at radius 2 is 1.77 bits per heavy atom. The van der Waals surface area contributed by atoms with Crippen LogP contribution in [-0.4, -0.2) is 40.7 Å². The van der Waals surface area contributed by atoms with Gasteiger partial charge in [0.05, 0.1) is 10.6 Å². The highest BCUT2D eigenvalue weighted by Crippen LogP contribution is 2.43. The van der Waals surface area contributed by atoms with Crippen LogP contribution in [0.2, 0.25) is 0 Å². The van der Waals surface area contributed by atoms with Crippen molar-refractivity contribution in [1.29, 1.82) is 0 Å². The number of hydrogen-bond acceptors (Lipinski definition) is 7. The molecule has 1 aliphatic rings. The summed E-state index contributed by atoms with van der Waals surface area (Å²) in [5, 5.41) is 6.03. The lowest BCUT2D eigenvalue weighted by Gasteiger charge is -2.30. The number of amides is 2. The second-order valence-electron chi connectivity index (χ2n) is 12.3. The standard InChI is InChI=1S/C32H36N4O7S/c1-18(2)27-29(37)34-25-15-20(16-33-31(39)43-32(4,5)6)14-23(28(25)42-27)24-17-35(7)30(38)26-22(24)12-13-36(26)44(40,41)21-10-8-19(3)9-11-21/h8-15,17-18,27H,16H2,1-7H3,(H,33,39)(H,34,37). The zero-order chi connectivity index (χ0) is 32.1. The van der Waals surface area contributed by atoms with Gasteiger partial charge in [-0.2, -0.15) is 0 Å². The summed E-state index contributed by atoms with van der Waals surface area (Å²) in [6, 6.07) is 11.5. The summed E-state index contributed by atoms with van der Waals surface area (Å²) in [6.07, 6.45) is 1.59. The van der Waals surface area contributed by atoms with Crippen molar-refractivity contribution in [3.8, 4) is 16.9 Å². The lowest BCUT2D eigenvalue weighted by atomic mass is 9.96. The fraction of sp³-hybridized carbons (Fsp3) is 0.344. The van der Waals surface area contributed by atoms with Crippen molar-refractivity contribution in [1.82, 2.24) is 13.9 Å². The third-order valence-electron chi connectivity index (χ3n) is 7.21. The van der Waals surface area contributed by atoms with E-state index in [4.69, 9.17) is 9.47 Å². The van der Waals surface area contributed by atoms with E-state index in [1.807, 2.05) is 20.8 Å². The van der Waals surface area contributed by atoms with Crippen molar-refractivity contribution in [2.75, 3.05) is 5.32 Å². The van der Waals surface area contributed by atoms with Gasteiger partial charge in [0, 0.05) is 42.5 Å². The number of nitrogens with one attached hydrogen (secondary N) is 2. The molecule has 12 heteroatoms. The number of alkyl carbamates (subject to hydrolysis) is 1. The average molecular weight is 621 g/mol. The molecule has 232 valence electrons. The van der Waals surface area contributed by atoms with Crippen molar-refractivity contribution >= 4 is 38.6 Å². The lowest BCUT2D eigenvalue weighted by molar-refractivity contribution is -0.125. The number of aromatic nitrogens is 2. The number of benzene rings is 2. The van der Waals surface area contributed by atoms with Crippen LogP contribution in [0.3, 0.4) is 0 Å². The van der Waals surface area contributed by atoms with Gasteiger partial charge in [-0.3, -0.25) is 9.59 Å². The zero-order valence-corrected chi connectivity index (χ0v) is 26.5. The first-order valence-corrected chi connectivity index (χ1v) is 15.7. The van der Waals surface area contributed by atoms with Crippen LogP contribution in [0.5, 0.6) is 5.75 Å². The average Bonchev–Trinajstić information content (AvgIpc) is 3.39. The molecule has 0 saturated carbocycles. The van der Waals surface area contributed by atoms with E-state index in [2.05, 4.69) is 10.6 Å². The number of rotatable bonds is 6. The fourth-order valence-electron chi connectivity index (χ4n) is 5.09. The number of hydrogen-bond donors (Lipinski definition) is 2. The molecule has 0 radical (unpaired) electrons. The first kappa shape index (κ1) is 30.9. The van der Waals surface area contributed by atoms with Gasteiger partial charge in [0.1, 0.15) is 11.1 Å². The molecule has 2 aromatic heterocycles. The first-order chi connectivity index (χ1) is 20.6. The molecule has 2 N–H and O–H groups in total. The van der Waals surface area contributed by atoms with Crippen LogP contribution in [0, 0.1) is 12.8 Å². The van der Waals surface area contributed by atoms with Gasteiger partial charge in [-0.15, -0.1) is 0 Å². The maximum absolute atomic E-state index is 13.7.